The molecule has 6 nitrogen and oxygen atoms in total. The molecule has 0 saturated heterocycles. The summed E-state index contributed by atoms with van der Waals surface area (Å²) in [5, 5.41) is 6.58. The number of aryl methyl sites for hydroxylation is 1. The number of likely N-dealkylation sites (N-methyl/N-ethyl adjacent to an activating group) is 1. The van der Waals surface area contributed by atoms with Crippen LogP contribution < -0.4 is 15.4 Å². The van der Waals surface area contributed by atoms with Gasteiger partial charge >= 0.3 is 0 Å². The van der Waals surface area contributed by atoms with Crippen LogP contribution in [0.2, 0.25) is 0 Å². The highest BCUT2D eigenvalue weighted by Crippen LogP contribution is 2.19. The fourth-order valence-corrected chi connectivity index (χ4v) is 2.18. The molecule has 0 bridgehead atoms. The van der Waals surface area contributed by atoms with Crippen molar-refractivity contribution in [3.63, 3.8) is 0 Å². The molecule has 0 radical (unpaired) electrons. The second-order valence-electron chi connectivity index (χ2n) is 6.72. The maximum absolute atomic E-state index is 11.7. The van der Waals surface area contributed by atoms with Crippen molar-refractivity contribution >= 4 is 35.8 Å². The maximum Gasteiger partial charge on any atom is 0.243 e. The molecular formula is C19H33IN4O2. The van der Waals surface area contributed by atoms with E-state index in [-0.39, 0.29) is 36.4 Å². The van der Waals surface area contributed by atoms with E-state index in [0.717, 1.165) is 24.3 Å². The number of hydrogen-bond acceptors (Lipinski definition) is 3. The number of rotatable bonds is 8. The zero-order valence-electron chi connectivity index (χ0n) is 16.8. The average Bonchev–Trinajstić information content (AvgIpc) is 2.56. The van der Waals surface area contributed by atoms with Crippen LogP contribution >= 0.6 is 24.0 Å². The first-order valence-corrected chi connectivity index (χ1v) is 8.69. The van der Waals surface area contributed by atoms with Crippen molar-refractivity contribution in [2.75, 3.05) is 40.8 Å². The molecule has 0 heterocycles. The molecular weight excluding hydrogens is 443 g/mol. The molecule has 0 spiro atoms. The summed E-state index contributed by atoms with van der Waals surface area (Å²) in [4.78, 5) is 17.7. The average molecular weight is 476 g/mol. The zero-order chi connectivity index (χ0) is 18.8. The molecule has 148 valence electrons. The van der Waals surface area contributed by atoms with Crippen molar-refractivity contribution in [1.29, 1.82) is 0 Å². The lowest BCUT2D eigenvalue weighted by molar-refractivity contribution is -0.127. The van der Waals surface area contributed by atoms with Gasteiger partial charge < -0.3 is 20.3 Å². The number of methoxy groups -OCH3 is 1. The fraction of sp³-hybridized carbons (Fsp3) is 0.579. The number of aliphatic imine (C=N–C) groups is 1. The van der Waals surface area contributed by atoms with E-state index in [1.165, 1.54) is 5.56 Å². The standard InChI is InChI=1S/C19H32N4O2.HI/c1-14(2)12-21-19(22-13-18(24)23(4)5)20-10-9-16-11-15(3)7-8-17(16)25-6;/h7-8,11,14H,9-10,12-13H2,1-6H3,(H2,20,21,22);1H. The Morgan fingerprint density at radius 3 is 2.54 bits per heavy atom. The Balaban J connectivity index is 0.00000625. The first-order valence-electron chi connectivity index (χ1n) is 8.69. The van der Waals surface area contributed by atoms with Crippen LogP contribution in [-0.2, 0) is 11.2 Å². The van der Waals surface area contributed by atoms with Gasteiger partial charge in [0, 0.05) is 27.2 Å². The Morgan fingerprint density at radius 1 is 1.27 bits per heavy atom. The fourth-order valence-electron chi connectivity index (χ4n) is 2.18. The van der Waals surface area contributed by atoms with Crippen LogP contribution in [0.1, 0.15) is 25.0 Å². The van der Waals surface area contributed by atoms with Gasteiger partial charge in [-0.25, -0.2) is 4.99 Å². The van der Waals surface area contributed by atoms with E-state index in [4.69, 9.17) is 4.74 Å². The molecule has 1 aromatic rings. The Bertz CT molecular complexity index is 589. The van der Waals surface area contributed by atoms with Crippen LogP contribution in [0, 0.1) is 12.8 Å². The summed E-state index contributed by atoms with van der Waals surface area (Å²) >= 11 is 0. The van der Waals surface area contributed by atoms with Crippen LogP contribution in [0.15, 0.2) is 23.2 Å². The van der Waals surface area contributed by atoms with E-state index >= 15 is 0 Å². The molecule has 0 aromatic heterocycles. The lowest BCUT2D eigenvalue weighted by atomic mass is 10.1. The highest BCUT2D eigenvalue weighted by Gasteiger charge is 2.07. The summed E-state index contributed by atoms with van der Waals surface area (Å²) in [6.07, 6.45) is 0.814. The predicted octanol–water partition coefficient (Wildman–Crippen LogP) is 2.44. The molecule has 0 aliphatic heterocycles. The van der Waals surface area contributed by atoms with Crippen molar-refractivity contribution < 1.29 is 9.53 Å². The monoisotopic (exact) mass is 476 g/mol. The summed E-state index contributed by atoms with van der Waals surface area (Å²) in [6, 6.07) is 6.17. The minimum absolute atomic E-state index is 0. The number of nitrogens with one attached hydrogen (secondary N) is 2. The molecule has 1 rings (SSSR count). The Kier molecular flexibility index (Phi) is 12.0. The number of carbonyl (C=O) groups excluding carboxylic acids is 1. The highest BCUT2D eigenvalue weighted by atomic mass is 127. The number of carbonyl (C=O) groups is 1. The third-order valence-corrected chi connectivity index (χ3v) is 3.67. The van der Waals surface area contributed by atoms with Crippen molar-refractivity contribution in [1.82, 2.24) is 15.5 Å². The smallest absolute Gasteiger partial charge is 0.243 e. The normalized spacial score (nSPS) is 11.0. The minimum atomic E-state index is -0.0222. The molecule has 0 aliphatic rings. The number of halogens is 1. The van der Waals surface area contributed by atoms with Gasteiger partial charge in [0.1, 0.15) is 12.3 Å². The molecule has 1 amide bonds. The van der Waals surface area contributed by atoms with Gasteiger partial charge in [-0.2, -0.15) is 0 Å². The second-order valence-corrected chi connectivity index (χ2v) is 6.72. The predicted molar refractivity (Wildman–Crippen MR) is 119 cm³/mol. The largest absolute Gasteiger partial charge is 0.496 e. The van der Waals surface area contributed by atoms with E-state index in [0.29, 0.717) is 18.4 Å². The van der Waals surface area contributed by atoms with E-state index < -0.39 is 0 Å². The van der Waals surface area contributed by atoms with Gasteiger partial charge in [0.05, 0.1) is 7.11 Å². The zero-order valence-corrected chi connectivity index (χ0v) is 19.1. The Labute approximate surface area is 174 Å². The molecule has 1 aromatic carbocycles. The molecule has 0 unspecified atom stereocenters. The number of benzene rings is 1. The van der Waals surface area contributed by atoms with Gasteiger partial charge in [-0.15, -0.1) is 24.0 Å². The van der Waals surface area contributed by atoms with Crippen LogP contribution in [0.4, 0.5) is 0 Å². The van der Waals surface area contributed by atoms with E-state index in [1.807, 2.05) is 12.1 Å². The number of amides is 1. The summed E-state index contributed by atoms with van der Waals surface area (Å²) in [7, 11) is 5.15. The SMILES string of the molecule is COc1ccc(C)cc1CCNC(=NCC(=O)N(C)C)NCC(C)C.I. The molecule has 7 heteroatoms. The summed E-state index contributed by atoms with van der Waals surface area (Å²) in [5.41, 5.74) is 2.36. The summed E-state index contributed by atoms with van der Waals surface area (Å²) in [6.45, 7) is 7.98. The van der Waals surface area contributed by atoms with E-state index in [9.17, 15) is 4.79 Å². The second kappa shape index (κ2) is 12.8. The quantitative estimate of drug-likeness (QED) is 0.344. The van der Waals surface area contributed by atoms with Crippen molar-refractivity contribution in [3.05, 3.63) is 29.3 Å². The molecule has 2 N–H and O–H groups in total. The first-order chi connectivity index (χ1) is 11.8. The Hall–Kier alpha value is -1.51. The number of ether oxygens (including phenoxy) is 1. The van der Waals surface area contributed by atoms with Crippen LogP contribution in [0.25, 0.3) is 0 Å². The van der Waals surface area contributed by atoms with Crippen LogP contribution in [-0.4, -0.2) is 57.6 Å². The number of guanidine groups is 1. The highest BCUT2D eigenvalue weighted by molar-refractivity contribution is 14.0. The van der Waals surface area contributed by atoms with Crippen LogP contribution in [0.3, 0.4) is 0 Å². The maximum atomic E-state index is 11.7. The Morgan fingerprint density at radius 2 is 1.96 bits per heavy atom. The van der Waals surface area contributed by atoms with Gasteiger partial charge in [0.15, 0.2) is 5.96 Å². The third kappa shape index (κ3) is 9.26. The molecule has 26 heavy (non-hydrogen) atoms. The van der Waals surface area contributed by atoms with Crippen molar-refractivity contribution in [2.24, 2.45) is 10.9 Å². The van der Waals surface area contributed by atoms with E-state index in [1.54, 1.807) is 26.1 Å². The summed E-state index contributed by atoms with van der Waals surface area (Å²) in [5.74, 6) is 2.03. The molecule has 0 saturated carbocycles. The van der Waals surface area contributed by atoms with Gasteiger partial charge in [0.25, 0.3) is 0 Å². The van der Waals surface area contributed by atoms with Gasteiger partial charge in [-0.05, 0) is 30.9 Å². The van der Waals surface area contributed by atoms with Crippen LogP contribution in [0.5, 0.6) is 5.75 Å². The first kappa shape index (κ1) is 24.5. The summed E-state index contributed by atoms with van der Waals surface area (Å²) < 4.78 is 5.42. The van der Waals surface area contributed by atoms with Crippen molar-refractivity contribution in [3.8, 4) is 5.75 Å². The van der Waals surface area contributed by atoms with Gasteiger partial charge in [-0.3, -0.25) is 4.79 Å². The number of hydrogen-bond donors (Lipinski definition) is 2. The molecule has 0 fully saturated rings. The van der Waals surface area contributed by atoms with Gasteiger partial charge in [0.2, 0.25) is 5.91 Å². The van der Waals surface area contributed by atoms with Gasteiger partial charge in [-0.1, -0.05) is 31.5 Å². The third-order valence-electron chi connectivity index (χ3n) is 3.67. The van der Waals surface area contributed by atoms with E-state index in [2.05, 4.69) is 42.5 Å². The lowest BCUT2D eigenvalue weighted by Crippen LogP contribution is -2.41. The molecule has 0 aliphatic carbocycles. The molecule has 0 atom stereocenters. The topological polar surface area (TPSA) is 66.0 Å². The lowest BCUT2D eigenvalue weighted by Gasteiger charge is -2.16. The number of nitrogens with zero attached hydrogens (tertiary/aromatic N) is 2. The van der Waals surface area contributed by atoms with Crippen molar-refractivity contribution in [2.45, 2.75) is 27.2 Å². The minimum Gasteiger partial charge on any atom is -0.496 e.